The van der Waals surface area contributed by atoms with Gasteiger partial charge in [-0.15, -0.1) is 0 Å². The van der Waals surface area contributed by atoms with Crippen molar-refractivity contribution in [2.24, 2.45) is 0 Å². The summed E-state index contributed by atoms with van der Waals surface area (Å²) in [6.07, 6.45) is 5.17. The number of hydrogen-bond donors (Lipinski definition) is 1. The summed E-state index contributed by atoms with van der Waals surface area (Å²) in [5, 5.41) is 5.00. The highest BCUT2D eigenvalue weighted by Gasteiger charge is 2.06. The zero-order valence-corrected chi connectivity index (χ0v) is 10.5. The second-order valence-electron chi connectivity index (χ2n) is 4.16. The van der Waals surface area contributed by atoms with Gasteiger partial charge >= 0.3 is 0 Å². The summed E-state index contributed by atoms with van der Waals surface area (Å²) in [6, 6.07) is 7.99. The molecule has 0 aliphatic carbocycles. The summed E-state index contributed by atoms with van der Waals surface area (Å²) in [7, 11) is 0. The van der Waals surface area contributed by atoms with E-state index in [1.54, 1.807) is 0 Å². The molecule has 19 heavy (non-hydrogen) atoms. The molecule has 1 N–H and O–H groups in total. The predicted molar refractivity (Wildman–Crippen MR) is 74.2 cm³/mol. The van der Waals surface area contributed by atoms with Crippen LogP contribution in [0.5, 0.6) is 0 Å². The minimum Gasteiger partial charge on any atom is -0.361 e. The Balaban J connectivity index is 2.03. The Bertz CT molecular complexity index is 995. The van der Waals surface area contributed by atoms with Crippen LogP contribution in [0.4, 0.5) is 0 Å². The predicted octanol–water partition coefficient (Wildman–Crippen LogP) is 1.18. The summed E-state index contributed by atoms with van der Waals surface area (Å²) in [4.78, 5) is 19.9. The molecular weight excluding hydrogens is 260 g/mol. The molecule has 0 saturated heterocycles. The van der Waals surface area contributed by atoms with Crippen molar-refractivity contribution >= 4 is 33.3 Å². The molecule has 92 valence electrons. The van der Waals surface area contributed by atoms with Gasteiger partial charge in [0.25, 0.3) is 5.56 Å². The maximum Gasteiger partial charge on any atom is 0.291 e. The van der Waals surface area contributed by atoms with E-state index in [4.69, 9.17) is 0 Å². The van der Waals surface area contributed by atoms with E-state index >= 15 is 0 Å². The second-order valence-corrected chi connectivity index (χ2v) is 5.17. The van der Waals surface area contributed by atoms with E-state index in [2.05, 4.69) is 15.1 Å². The molecule has 0 atom stereocenters. The highest BCUT2D eigenvalue weighted by Crippen LogP contribution is 2.18. The summed E-state index contributed by atoms with van der Waals surface area (Å²) in [5.74, 6) is 0. The van der Waals surface area contributed by atoms with Crippen LogP contribution in [0.25, 0.3) is 21.9 Å². The molecule has 0 aliphatic heterocycles. The number of thiazole rings is 1. The van der Waals surface area contributed by atoms with Gasteiger partial charge in [0.05, 0.1) is 4.53 Å². The minimum atomic E-state index is -0.122. The molecule has 0 aliphatic rings. The number of para-hydroxylation sites is 1. The van der Waals surface area contributed by atoms with Crippen LogP contribution in [0.3, 0.4) is 0 Å². The lowest BCUT2D eigenvalue weighted by Crippen LogP contribution is -2.23. The average molecular weight is 268 g/mol. The van der Waals surface area contributed by atoms with E-state index in [9.17, 15) is 4.79 Å². The number of benzene rings is 1. The number of aromatic nitrogens is 4. The molecule has 3 aromatic heterocycles. The van der Waals surface area contributed by atoms with Gasteiger partial charge in [-0.05, 0) is 12.1 Å². The summed E-state index contributed by atoms with van der Waals surface area (Å²) < 4.78 is 1.96. The average Bonchev–Trinajstić information content (AvgIpc) is 3.10. The number of H-pyrrole nitrogens is 1. The first-order valence-corrected chi connectivity index (χ1v) is 6.55. The van der Waals surface area contributed by atoms with Crippen LogP contribution in [0.15, 0.2) is 41.6 Å². The minimum absolute atomic E-state index is 0.122. The van der Waals surface area contributed by atoms with Crippen molar-refractivity contribution in [1.82, 2.24) is 19.6 Å². The van der Waals surface area contributed by atoms with E-state index in [1.807, 2.05) is 36.5 Å². The Kier molecular flexibility index (Phi) is 2.07. The molecule has 0 fully saturated rings. The number of nitrogens with zero attached hydrogens (tertiary/aromatic N) is 3. The second kappa shape index (κ2) is 3.76. The highest BCUT2D eigenvalue weighted by molar-refractivity contribution is 7.15. The maximum absolute atomic E-state index is 12.1. The molecular formula is C13H8N4OS. The van der Waals surface area contributed by atoms with E-state index in [0.717, 1.165) is 16.5 Å². The van der Waals surface area contributed by atoms with Gasteiger partial charge < -0.3 is 4.98 Å². The van der Waals surface area contributed by atoms with Gasteiger partial charge in [0.2, 0.25) is 4.96 Å². The van der Waals surface area contributed by atoms with Gasteiger partial charge in [0.1, 0.15) is 6.33 Å². The van der Waals surface area contributed by atoms with Gasteiger partial charge in [-0.1, -0.05) is 29.5 Å². The first-order chi connectivity index (χ1) is 9.33. The Morgan fingerprint density at radius 1 is 1.32 bits per heavy atom. The number of aromatic amines is 1. The van der Waals surface area contributed by atoms with Crippen molar-refractivity contribution in [1.29, 1.82) is 0 Å². The monoisotopic (exact) mass is 268 g/mol. The van der Waals surface area contributed by atoms with Gasteiger partial charge in [-0.25, -0.2) is 4.98 Å². The van der Waals surface area contributed by atoms with E-state index < -0.39 is 0 Å². The third-order valence-corrected chi connectivity index (χ3v) is 4.00. The molecule has 0 bridgehead atoms. The number of nitrogens with one attached hydrogen (secondary N) is 1. The fourth-order valence-corrected chi connectivity index (χ4v) is 3.00. The SMILES string of the molecule is O=c1/c(=C/c2c[nH]c3ccccc23)sc2ncnn12. The summed E-state index contributed by atoms with van der Waals surface area (Å²) in [5.41, 5.74) is 1.93. The van der Waals surface area contributed by atoms with Crippen molar-refractivity contribution in [3.63, 3.8) is 0 Å². The summed E-state index contributed by atoms with van der Waals surface area (Å²) >= 11 is 1.34. The van der Waals surface area contributed by atoms with Crippen LogP contribution in [0.1, 0.15) is 5.56 Å². The normalized spacial score (nSPS) is 12.7. The Labute approximate surface area is 110 Å². The Morgan fingerprint density at radius 3 is 3.11 bits per heavy atom. The van der Waals surface area contributed by atoms with Gasteiger partial charge in [-0.3, -0.25) is 4.79 Å². The number of fused-ring (bicyclic) bond motifs is 2. The zero-order chi connectivity index (χ0) is 12.8. The Hall–Kier alpha value is -2.47. The lowest BCUT2D eigenvalue weighted by Gasteiger charge is -1.89. The molecule has 0 spiro atoms. The van der Waals surface area contributed by atoms with Gasteiger partial charge in [0, 0.05) is 22.7 Å². The lowest BCUT2D eigenvalue weighted by molar-refractivity contribution is 0.932. The zero-order valence-electron chi connectivity index (χ0n) is 9.70. The van der Waals surface area contributed by atoms with Gasteiger partial charge in [0.15, 0.2) is 0 Å². The van der Waals surface area contributed by atoms with Crippen molar-refractivity contribution < 1.29 is 0 Å². The first-order valence-electron chi connectivity index (χ1n) is 5.73. The molecule has 0 unspecified atom stereocenters. The van der Waals surface area contributed by atoms with Crippen LogP contribution in [-0.4, -0.2) is 19.6 Å². The smallest absolute Gasteiger partial charge is 0.291 e. The highest BCUT2D eigenvalue weighted by atomic mass is 32.1. The standard InChI is InChI=1S/C13H8N4OS/c18-12-11(19-13-15-7-16-17(12)13)5-8-6-14-10-4-2-1-3-9(8)10/h1-7,14H/b11-5-. The number of rotatable bonds is 1. The lowest BCUT2D eigenvalue weighted by atomic mass is 10.2. The van der Waals surface area contributed by atoms with E-state index in [1.165, 1.54) is 22.2 Å². The summed E-state index contributed by atoms with van der Waals surface area (Å²) in [6.45, 7) is 0. The first kappa shape index (κ1) is 10.5. The molecule has 4 aromatic rings. The molecule has 0 saturated carbocycles. The van der Waals surface area contributed by atoms with Crippen molar-refractivity contribution in [2.45, 2.75) is 0 Å². The van der Waals surface area contributed by atoms with Crippen molar-refractivity contribution in [3.8, 4) is 0 Å². The largest absolute Gasteiger partial charge is 0.361 e. The van der Waals surface area contributed by atoms with Crippen LogP contribution in [0.2, 0.25) is 0 Å². The molecule has 0 amide bonds. The van der Waals surface area contributed by atoms with E-state index in [-0.39, 0.29) is 5.56 Å². The van der Waals surface area contributed by atoms with Crippen molar-refractivity contribution in [3.05, 3.63) is 57.2 Å². The van der Waals surface area contributed by atoms with Crippen LogP contribution >= 0.6 is 11.3 Å². The van der Waals surface area contributed by atoms with Crippen molar-refractivity contribution in [2.75, 3.05) is 0 Å². The van der Waals surface area contributed by atoms with Crippen LogP contribution in [-0.2, 0) is 0 Å². The number of hydrogen-bond acceptors (Lipinski definition) is 4. The fraction of sp³-hybridized carbons (Fsp3) is 0. The Morgan fingerprint density at radius 2 is 2.21 bits per heavy atom. The van der Waals surface area contributed by atoms with E-state index in [0.29, 0.717) is 9.49 Å². The molecule has 3 heterocycles. The third kappa shape index (κ3) is 1.50. The molecule has 1 aromatic carbocycles. The molecule has 6 heteroatoms. The quantitative estimate of drug-likeness (QED) is 0.564. The molecule has 5 nitrogen and oxygen atoms in total. The van der Waals surface area contributed by atoms with Crippen LogP contribution < -0.4 is 10.1 Å². The molecule has 0 radical (unpaired) electrons. The molecule has 4 rings (SSSR count). The fourth-order valence-electron chi connectivity index (χ4n) is 2.13. The van der Waals surface area contributed by atoms with Gasteiger partial charge in [-0.2, -0.15) is 9.61 Å². The van der Waals surface area contributed by atoms with Crippen LogP contribution in [0, 0.1) is 0 Å². The maximum atomic E-state index is 12.1. The third-order valence-electron chi connectivity index (χ3n) is 3.03. The topological polar surface area (TPSA) is 63.0 Å².